The van der Waals surface area contributed by atoms with Crippen LogP contribution in [0.4, 0.5) is 10.5 Å². The Hall–Kier alpha value is -2.24. The van der Waals surface area contributed by atoms with E-state index in [1.165, 1.54) is 12.8 Å². The van der Waals surface area contributed by atoms with Gasteiger partial charge in [-0.2, -0.15) is 0 Å². The second-order valence-corrected chi connectivity index (χ2v) is 8.20. The molecule has 2 aliphatic rings. The lowest BCUT2D eigenvalue weighted by Gasteiger charge is -2.29. The monoisotopic (exact) mass is 387 g/mol. The molecule has 3 rings (SSSR count). The zero-order valence-corrected chi connectivity index (χ0v) is 17.1. The van der Waals surface area contributed by atoms with Crippen LogP contribution < -0.4 is 20.7 Å². The van der Waals surface area contributed by atoms with Crippen molar-refractivity contribution in [3.05, 3.63) is 23.8 Å². The van der Waals surface area contributed by atoms with Crippen molar-refractivity contribution in [3.63, 3.8) is 0 Å². The lowest BCUT2D eigenvalue weighted by Crippen LogP contribution is -2.58. The average molecular weight is 388 g/mol. The van der Waals surface area contributed by atoms with Gasteiger partial charge in [0.15, 0.2) is 0 Å². The molecule has 3 N–H and O–H groups in total. The van der Waals surface area contributed by atoms with Crippen molar-refractivity contribution in [2.75, 3.05) is 18.5 Å². The van der Waals surface area contributed by atoms with Gasteiger partial charge in [-0.25, -0.2) is 4.79 Å². The Morgan fingerprint density at radius 1 is 1.21 bits per heavy atom. The number of aryl methyl sites for hydroxylation is 1. The minimum Gasteiger partial charge on any atom is -0.494 e. The molecule has 2 aliphatic carbocycles. The first-order chi connectivity index (χ1) is 13.5. The van der Waals surface area contributed by atoms with Crippen molar-refractivity contribution in [1.82, 2.24) is 10.6 Å². The van der Waals surface area contributed by atoms with Crippen LogP contribution in [0, 0.1) is 12.8 Å². The number of nitrogens with one attached hydrogen (secondary N) is 3. The van der Waals surface area contributed by atoms with Crippen LogP contribution in [0.25, 0.3) is 0 Å². The van der Waals surface area contributed by atoms with Gasteiger partial charge in [0.1, 0.15) is 11.3 Å². The van der Waals surface area contributed by atoms with E-state index >= 15 is 0 Å². The maximum Gasteiger partial charge on any atom is 0.320 e. The summed E-state index contributed by atoms with van der Waals surface area (Å²) in [4.78, 5) is 25.4. The highest BCUT2D eigenvalue weighted by atomic mass is 16.5. The van der Waals surface area contributed by atoms with Gasteiger partial charge in [0.25, 0.3) is 0 Å². The van der Waals surface area contributed by atoms with Gasteiger partial charge in [-0.05, 0) is 68.7 Å². The molecule has 0 bridgehead atoms. The summed E-state index contributed by atoms with van der Waals surface area (Å²) in [6.07, 6.45) is 7.80. The number of benzene rings is 1. The summed E-state index contributed by atoms with van der Waals surface area (Å²) in [5.41, 5.74) is 0.880. The first-order valence-corrected chi connectivity index (χ1v) is 10.6. The molecular formula is C22H33N3O3. The minimum atomic E-state index is -0.782. The van der Waals surface area contributed by atoms with Gasteiger partial charge in [0.05, 0.1) is 6.61 Å². The number of rotatable bonds is 9. The fraction of sp³-hybridized carbons (Fsp3) is 0.636. The van der Waals surface area contributed by atoms with E-state index in [0.29, 0.717) is 25.4 Å². The summed E-state index contributed by atoms with van der Waals surface area (Å²) in [5.74, 6) is 1.39. The number of urea groups is 1. The number of hydrogen-bond donors (Lipinski definition) is 3. The summed E-state index contributed by atoms with van der Waals surface area (Å²) < 4.78 is 5.71. The molecule has 0 unspecified atom stereocenters. The highest BCUT2D eigenvalue weighted by Gasteiger charge is 2.42. The van der Waals surface area contributed by atoms with Crippen molar-refractivity contribution in [1.29, 1.82) is 0 Å². The summed E-state index contributed by atoms with van der Waals surface area (Å²) in [7, 11) is 0. The van der Waals surface area contributed by atoms with E-state index in [1.54, 1.807) is 0 Å². The fourth-order valence-electron chi connectivity index (χ4n) is 3.69. The van der Waals surface area contributed by atoms with Crippen molar-refractivity contribution in [2.45, 2.75) is 70.8 Å². The SMILES string of the molecule is CCCCOc1ccc(NC(=O)NC2(C(=O)NCC3CC3)CCCC2)c(C)c1. The summed E-state index contributed by atoms with van der Waals surface area (Å²) in [6.45, 7) is 5.49. The van der Waals surface area contributed by atoms with Gasteiger partial charge >= 0.3 is 6.03 Å². The normalized spacial score (nSPS) is 17.8. The van der Waals surface area contributed by atoms with E-state index in [2.05, 4.69) is 22.9 Å². The van der Waals surface area contributed by atoms with E-state index in [9.17, 15) is 9.59 Å². The maximum atomic E-state index is 12.8. The van der Waals surface area contributed by atoms with Crippen LogP contribution in [0.5, 0.6) is 5.75 Å². The summed E-state index contributed by atoms with van der Waals surface area (Å²) >= 11 is 0. The van der Waals surface area contributed by atoms with Crippen LogP contribution in [-0.4, -0.2) is 30.6 Å². The minimum absolute atomic E-state index is 0.0385. The maximum absolute atomic E-state index is 12.8. The Bertz CT molecular complexity index is 694. The molecule has 2 fully saturated rings. The largest absolute Gasteiger partial charge is 0.494 e. The standard InChI is InChI=1S/C22H33N3O3/c1-3-4-13-28-18-9-10-19(16(2)14-18)24-21(27)25-22(11-5-6-12-22)20(26)23-15-17-7-8-17/h9-10,14,17H,3-8,11-13,15H2,1-2H3,(H,23,26)(H2,24,25,27). The second-order valence-electron chi connectivity index (χ2n) is 8.20. The van der Waals surface area contributed by atoms with E-state index < -0.39 is 5.54 Å². The van der Waals surface area contributed by atoms with E-state index in [1.807, 2.05) is 25.1 Å². The molecule has 0 aromatic heterocycles. The Kier molecular flexibility index (Phi) is 6.81. The van der Waals surface area contributed by atoms with Gasteiger partial charge < -0.3 is 20.7 Å². The molecule has 0 spiro atoms. The molecule has 0 atom stereocenters. The van der Waals surface area contributed by atoms with Gasteiger partial charge in [0, 0.05) is 12.2 Å². The Labute approximate surface area is 167 Å². The highest BCUT2D eigenvalue weighted by molar-refractivity contribution is 5.96. The quantitative estimate of drug-likeness (QED) is 0.557. The number of ether oxygens (including phenoxy) is 1. The zero-order valence-electron chi connectivity index (χ0n) is 17.1. The van der Waals surface area contributed by atoms with E-state index in [0.717, 1.165) is 49.2 Å². The first-order valence-electron chi connectivity index (χ1n) is 10.6. The molecule has 3 amide bonds. The van der Waals surface area contributed by atoms with Gasteiger partial charge in [-0.1, -0.05) is 26.2 Å². The Balaban J connectivity index is 1.57. The second kappa shape index (κ2) is 9.30. The molecular weight excluding hydrogens is 354 g/mol. The van der Waals surface area contributed by atoms with E-state index in [-0.39, 0.29) is 11.9 Å². The summed E-state index contributed by atoms with van der Waals surface area (Å²) in [6, 6.07) is 5.32. The van der Waals surface area contributed by atoms with Crippen LogP contribution >= 0.6 is 0 Å². The molecule has 6 nitrogen and oxygen atoms in total. The molecule has 154 valence electrons. The molecule has 0 heterocycles. The van der Waals surface area contributed by atoms with E-state index in [4.69, 9.17) is 4.74 Å². The Morgan fingerprint density at radius 3 is 2.61 bits per heavy atom. The molecule has 1 aromatic carbocycles. The lowest BCUT2D eigenvalue weighted by molar-refractivity contribution is -0.127. The third kappa shape index (κ3) is 5.40. The predicted octanol–water partition coefficient (Wildman–Crippen LogP) is 4.13. The van der Waals surface area contributed by atoms with Crippen LogP contribution in [0.2, 0.25) is 0 Å². The first kappa shape index (κ1) is 20.5. The number of hydrogen-bond acceptors (Lipinski definition) is 3. The molecule has 0 saturated heterocycles. The molecule has 0 aliphatic heterocycles. The molecule has 1 aromatic rings. The smallest absolute Gasteiger partial charge is 0.320 e. The number of carbonyl (C=O) groups excluding carboxylic acids is 2. The molecule has 28 heavy (non-hydrogen) atoms. The number of amides is 3. The lowest BCUT2D eigenvalue weighted by atomic mass is 9.96. The fourth-order valence-corrected chi connectivity index (χ4v) is 3.69. The Morgan fingerprint density at radius 2 is 1.96 bits per heavy atom. The number of unbranched alkanes of at least 4 members (excludes halogenated alkanes) is 1. The topological polar surface area (TPSA) is 79.5 Å². The number of anilines is 1. The molecule has 0 radical (unpaired) electrons. The third-order valence-corrected chi connectivity index (χ3v) is 5.71. The highest BCUT2D eigenvalue weighted by Crippen LogP contribution is 2.32. The molecule has 2 saturated carbocycles. The van der Waals surface area contributed by atoms with Crippen LogP contribution in [0.15, 0.2) is 18.2 Å². The van der Waals surface area contributed by atoms with Gasteiger partial charge in [0.2, 0.25) is 5.91 Å². The van der Waals surface area contributed by atoms with Crippen molar-refractivity contribution in [3.8, 4) is 5.75 Å². The average Bonchev–Trinajstić information content (AvgIpc) is 3.39. The predicted molar refractivity (Wildman–Crippen MR) is 111 cm³/mol. The number of carbonyl (C=O) groups is 2. The third-order valence-electron chi connectivity index (χ3n) is 5.71. The van der Waals surface area contributed by atoms with Crippen molar-refractivity contribution in [2.24, 2.45) is 5.92 Å². The van der Waals surface area contributed by atoms with Crippen LogP contribution in [0.3, 0.4) is 0 Å². The van der Waals surface area contributed by atoms with Gasteiger partial charge in [-0.15, -0.1) is 0 Å². The van der Waals surface area contributed by atoms with Crippen molar-refractivity contribution >= 4 is 17.6 Å². The van der Waals surface area contributed by atoms with Crippen molar-refractivity contribution < 1.29 is 14.3 Å². The van der Waals surface area contributed by atoms with Gasteiger partial charge in [-0.3, -0.25) is 4.79 Å². The molecule has 6 heteroatoms. The zero-order chi connectivity index (χ0) is 20.0. The summed E-state index contributed by atoms with van der Waals surface area (Å²) in [5, 5.41) is 8.92. The van der Waals surface area contributed by atoms with Crippen LogP contribution in [-0.2, 0) is 4.79 Å². The van der Waals surface area contributed by atoms with Crippen LogP contribution in [0.1, 0.15) is 63.9 Å².